The summed E-state index contributed by atoms with van der Waals surface area (Å²) in [6.07, 6.45) is 6.20. The summed E-state index contributed by atoms with van der Waals surface area (Å²) in [6.45, 7) is 7.39. The van der Waals surface area contributed by atoms with Crippen LogP contribution in [0, 0.1) is 12.3 Å². The van der Waals surface area contributed by atoms with Crippen molar-refractivity contribution in [3.8, 4) is 0 Å². The average Bonchev–Trinajstić information content (AvgIpc) is 2.69. The molecule has 1 aliphatic carbocycles. The van der Waals surface area contributed by atoms with Crippen LogP contribution in [0.25, 0.3) is 0 Å². The molecule has 4 nitrogen and oxygen atoms in total. The third-order valence-corrected chi connectivity index (χ3v) is 4.56. The summed E-state index contributed by atoms with van der Waals surface area (Å²) >= 11 is 0. The number of aromatic nitrogens is 1. The number of hydrogen-bond acceptors (Lipinski definition) is 2. The molecule has 0 bridgehead atoms. The van der Waals surface area contributed by atoms with Crippen LogP contribution in [0.4, 0.5) is 0 Å². The standard InChI is InChI=1S/C18H28N2O2/c1-13-10-14-15(11-18(2,3)12-16(14)21)20(13)9-7-5-4-6-8-17(19)22/h10H,4-9,11-12H2,1-3H3,(H2,19,22). The molecule has 1 amide bonds. The number of Topliss-reactive ketones (excluding diaryl/α,β-unsaturated/α-hetero) is 1. The number of carbonyl (C=O) groups is 2. The molecule has 4 heteroatoms. The number of ketones is 1. The van der Waals surface area contributed by atoms with E-state index in [4.69, 9.17) is 5.73 Å². The van der Waals surface area contributed by atoms with Crippen LogP contribution < -0.4 is 5.73 Å². The van der Waals surface area contributed by atoms with Gasteiger partial charge in [-0.2, -0.15) is 0 Å². The van der Waals surface area contributed by atoms with Crippen LogP contribution in [0.15, 0.2) is 6.07 Å². The van der Waals surface area contributed by atoms with Crippen LogP contribution in [0.3, 0.4) is 0 Å². The van der Waals surface area contributed by atoms with E-state index in [1.807, 2.05) is 0 Å². The van der Waals surface area contributed by atoms with Crippen molar-refractivity contribution in [1.29, 1.82) is 0 Å². The van der Waals surface area contributed by atoms with Gasteiger partial charge in [0.15, 0.2) is 5.78 Å². The van der Waals surface area contributed by atoms with E-state index in [9.17, 15) is 9.59 Å². The summed E-state index contributed by atoms with van der Waals surface area (Å²) in [6, 6.07) is 2.06. The molecule has 22 heavy (non-hydrogen) atoms. The first kappa shape index (κ1) is 16.8. The fourth-order valence-corrected chi connectivity index (χ4v) is 3.44. The number of fused-ring (bicyclic) bond motifs is 1. The number of primary amides is 1. The number of rotatable bonds is 7. The topological polar surface area (TPSA) is 65.1 Å². The van der Waals surface area contributed by atoms with E-state index in [0.717, 1.165) is 44.2 Å². The Kier molecular flexibility index (Phi) is 5.09. The van der Waals surface area contributed by atoms with E-state index in [1.54, 1.807) is 0 Å². The molecule has 1 aromatic heterocycles. The maximum atomic E-state index is 12.3. The van der Waals surface area contributed by atoms with Crippen LogP contribution >= 0.6 is 0 Å². The van der Waals surface area contributed by atoms with Gasteiger partial charge in [-0.25, -0.2) is 0 Å². The lowest BCUT2D eigenvalue weighted by atomic mass is 9.76. The molecule has 1 aliphatic rings. The van der Waals surface area contributed by atoms with E-state index < -0.39 is 0 Å². The highest BCUT2D eigenvalue weighted by molar-refractivity contribution is 5.99. The van der Waals surface area contributed by atoms with Crippen molar-refractivity contribution in [3.63, 3.8) is 0 Å². The minimum Gasteiger partial charge on any atom is -0.370 e. The summed E-state index contributed by atoms with van der Waals surface area (Å²) in [5.74, 6) is 0.0747. The predicted molar refractivity (Wildman–Crippen MR) is 87.9 cm³/mol. The summed E-state index contributed by atoms with van der Waals surface area (Å²) in [7, 11) is 0. The van der Waals surface area contributed by atoms with Gasteiger partial charge in [0.2, 0.25) is 5.91 Å². The molecule has 122 valence electrons. The first-order valence-electron chi connectivity index (χ1n) is 8.31. The van der Waals surface area contributed by atoms with Gasteiger partial charge in [-0.15, -0.1) is 0 Å². The lowest BCUT2D eigenvalue weighted by Gasteiger charge is -2.30. The minimum absolute atomic E-state index is 0.0636. The Labute approximate surface area is 133 Å². The maximum Gasteiger partial charge on any atom is 0.217 e. The van der Waals surface area contributed by atoms with Crippen LogP contribution in [0.5, 0.6) is 0 Å². The average molecular weight is 304 g/mol. The van der Waals surface area contributed by atoms with Gasteiger partial charge in [0, 0.05) is 36.3 Å². The van der Waals surface area contributed by atoms with E-state index in [1.165, 1.54) is 11.4 Å². The first-order valence-corrected chi connectivity index (χ1v) is 8.31. The molecule has 0 fully saturated rings. The number of nitrogens with zero attached hydrogens (tertiary/aromatic N) is 1. The van der Waals surface area contributed by atoms with Gasteiger partial charge in [0.05, 0.1) is 0 Å². The van der Waals surface area contributed by atoms with Crippen molar-refractivity contribution < 1.29 is 9.59 Å². The highest BCUT2D eigenvalue weighted by Crippen LogP contribution is 2.36. The zero-order valence-corrected chi connectivity index (χ0v) is 14.1. The number of amides is 1. The van der Waals surface area contributed by atoms with Crippen molar-refractivity contribution in [3.05, 3.63) is 23.0 Å². The van der Waals surface area contributed by atoms with E-state index >= 15 is 0 Å². The van der Waals surface area contributed by atoms with Gasteiger partial charge in [-0.3, -0.25) is 9.59 Å². The van der Waals surface area contributed by atoms with Gasteiger partial charge < -0.3 is 10.3 Å². The highest BCUT2D eigenvalue weighted by Gasteiger charge is 2.33. The summed E-state index contributed by atoms with van der Waals surface area (Å²) < 4.78 is 2.32. The van der Waals surface area contributed by atoms with Crippen molar-refractivity contribution >= 4 is 11.7 Å². The number of aryl methyl sites for hydroxylation is 1. The second-order valence-electron chi connectivity index (χ2n) is 7.37. The molecule has 0 spiro atoms. The Hall–Kier alpha value is -1.58. The molecule has 0 unspecified atom stereocenters. The molecule has 0 aromatic carbocycles. The lowest BCUT2D eigenvalue weighted by Crippen LogP contribution is -2.28. The van der Waals surface area contributed by atoms with E-state index in [-0.39, 0.29) is 17.1 Å². The summed E-state index contributed by atoms with van der Waals surface area (Å²) in [5.41, 5.74) is 8.55. The molecule has 2 rings (SSSR count). The number of nitrogens with two attached hydrogens (primary N) is 1. The quantitative estimate of drug-likeness (QED) is 0.785. The lowest BCUT2D eigenvalue weighted by molar-refractivity contribution is -0.118. The zero-order chi connectivity index (χ0) is 16.3. The Morgan fingerprint density at radius 2 is 1.91 bits per heavy atom. The van der Waals surface area contributed by atoms with Crippen LogP contribution in [0.1, 0.15) is 74.1 Å². The Bertz CT molecular complexity index is 570. The molecule has 0 saturated carbocycles. The fraction of sp³-hybridized carbons (Fsp3) is 0.667. The van der Waals surface area contributed by atoms with E-state index in [2.05, 4.69) is 31.4 Å². The highest BCUT2D eigenvalue weighted by atomic mass is 16.1. The first-order chi connectivity index (χ1) is 10.3. The molecule has 0 radical (unpaired) electrons. The number of unbranched alkanes of at least 4 members (excludes halogenated alkanes) is 3. The molecule has 2 N–H and O–H groups in total. The Balaban J connectivity index is 1.95. The number of hydrogen-bond donors (Lipinski definition) is 1. The molecule has 0 aliphatic heterocycles. The third kappa shape index (κ3) is 3.99. The van der Waals surface area contributed by atoms with Gasteiger partial charge >= 0.3 is 0 Å². The van der Waals surface area contributed by atoms with Crippen molar-refractivity contribution in [2.24, 2.45) is 11.1 Å². The molecule has 0 saturated heterocycles. The summed E-state index contributed by atoms with van der Waals surface area (Å²) in [4.78, 5) is 23.0. The van der Waals surface area contributed by atoms with E-state index in [0.29, 0.717) is 12.8 Å². The second kappa shape index (κ2) is 6.67. The molecule has 1 heterocycles. The van der Waals surface area contributed by atoms with Crippen molar-refractivity contribution in [2.45, 2.75) is 72.3 Å². The molecular weight excluding hydrogens is 276 g/mol. The van der Waals surface area contributed by atoms with Crippen molar-refractivity contribution in [2.75, 3.05) is 0 Å². The third-order valence-electron chi connectivity index (χ3n) is 4.56. The maximum absolute atomic E-state index is 12.3. The zero-order valence-electron chi connectivity index (χ0n) is 14.1. The number of carbonyl (C=O) groups excluding carboxylic acids is 2. The second-order valence-corrected chi connectivity index (χ2v) is 7.37. The van der Waals surface area contributed by atoms with Crippen LogP contribution in [-0.4, -0.2) is 16.3 Å². The Morgan fingerprint density at radius 3 is 2.59 bits per heavy atom. The normalized spacial score (nSPS) is 16.6. The fourth-order valence-electron chi connectivity index (χ4n) is 3.44. The van der Waals surface area contributed by atoms with Gasteiger partial charge in [-0.1, -0.05) is 26.7 Å². The van der Waals surface area contributed by atoms with Crippen LogP contribution in [-0.2, 0) is 17.8 Å². The monoisotopic (exact) mass is 304 g/mol. The van der Waals surface area contributed by atoms with Gasteiger partial charge in [0.25, 0.3) is 0 Å². The van der Waals surface area contributed by atoms with Gasteiger partial charge in [0.1, 0.15) is 0 Å². The molecular formula is C18H28N2O2. The molecule has 0 atom stereocenters. The minimum atomic E-state index is -0.212. The smallest absolute Gasteiger partial charge is 0.217 e. The largest absolute Gasteiger partial charge is 0.370 e. The Morgan fingerprint density at radius 1 is 1.23 bits per heavy atom. The molecule has 1 aromatic rings. The van der Waals surface area contributed by atoms with Crippen molar-refractivity contribution in [1.82, 2.24) is 4.57 Å². The summed E-state index contributed by atoms with van der Waals surface area (Å²) in [5, 5.41) is 0. The van der Waals surface area contributed by atoms with Crippen LogP contribution in [0.2, 0.25) is 0 Å². The van der Waals surface area contributed by atoms with Gasteiger partial charge in [-0.05, 0) is 37.7 Å². The SMILES string of the molecule is Cc1cc2c(n1CCCCCCC(N)=O)CC(C)(C)CC2=O. The predicted octanol–water partition coefficient (Wildman–Crippen LogP) is 3.39.